The molecular formula is C10H9NO2. The lowest BCUT2D eigenvalue weighted by Crippen LogP contribution is -2.23. The molecule has 3 nitrogen and oxygen atoms in total. The average Bonchev–Trinajstić information content (AvgIpc) is 2.16. The van der Waals surface area contributed by atoms with Gasteiger partial charge in [0.05, 0.1) is 0 Å². The van der Waals surface area contributed by atoms with E-state index in [-0.39, 0.29) is 0 Å². The van der Waals surface area contributed by atoms with Crippen LogP contribution in [0.2, 0.25) is 0 Å². The summed E-state index contributed by atoms with van der Waals surface area (Å²) in [6.45, 7) is 0. The summed E-state index contributed by atoms with van der Waals surface area (Å²) in [6.07, 6.45) is 4.17. The van der Waals surface area contributed by atoms with Crippen molar-refractivity contribution in [3.05, 3.63) is 29.8 Å². The zero-order chi connectivity index (χ0) is 9.84. The van der Waals surface area contributed by atoms with Crippen LogP contribution in [-0.2, 0) is 0 Å². The molecule has 0 spiro atoms. The largest absolute Gasteiger partial charge is 0.465 e. The Morgan fingerprint density at radius 3 is 2.85 bits per heavy atom. The predicted molar refractivity (Wildman–Crippen MR) is 50.8 cm³/mol. The van der Waals surface area contributed by atoms with Crippen LogP contribution in [0.5, 0.6) is 0 Å². The first-order chi connectivity index (χ1) is 6.15. The summed E-state index contributed by atoms with van der Waals surface area (Å²) < 4.78 is 0. The lowest BCUT2D eigenvalue weighted by Gasteiger charge is -2.12. The Bertz CT molecular complexity index is 365. The van der Waals surface area contributed by atoms with Crippen LogP contribution in [0.25, 0.3) is 0 Å². The minimum Gasteiger partial charge on any atom is -0.465 e. The van der Waals surface area contributed by atoms with E-state index in [4.69, 9.17) is 11.5 Å². The van der Waals surface area contributed by atoms with E-state index in [1.165, 1.54) is 7.05 Å². The van der Waals surface area contributed by atoms with Crippen molar-refractivity contribution in [2.75, 3.05) is 11.9 Å². The maximum atomic E-state index is 10.6. The minimum absolute atomic E-state index is 0.572. The van der Waals surface area contributed by atoms with E-state index in [9.17, 15) is 4.79 Å². The summed E-state index contributed by atoms with van der Waals surface area (Å²) in [6, 6.07) is 6.81. The van der Waals surface area contributed by atoms with Gasteiger partial charge in [0.1, 0.15) is 0 Å². The van der Waals surface area contributed by atoms with E-state index in [0.717, 1.165) is 4.90 Å². The highest BCUT2D eigenvalue weighted by atomic mass is 16.4. The third-order valence-electron chi connectivity index (χ3n) is 1.69. The molecule has 0 radical (unpaired) electrons. The molecule has 0 aliphatic rings. The van der Waals surface area contributed by atoms with Crippen molar-refractivity contribution in [2.45, 2.75) is 0 Å². The Morgan fingerprint density at radius 2 is 2.31 bits per heavy atom. The summed E-state index contributed by atoms with van der Waals surface area (Å²) in [7, 11) is 1.47. The van der Waals surface area contributed by atoms with E-state index in [2.05, 4.69) is 5.92 Å². The van der Waals surface area contributed by atoms with Crippen molar-refractivity contribution in [1.82, 2.24) is 0 Å². The Balaban J connectivity index is 3.03. The molecule has 1 amide bonds. The lowest BCUT2D eigenvalue weighted by atomic mass is 10.2. The highest BCUT2D eigenvalue weighted by Crippen LogP contribution is 2.13. The summed E-state index contributed by atoms with van der Waals surface area (Å²) in [5, 5.41) is 8.67. The van der Waals surface area contributed by atoms with Gasteiger partial charge in [-0.15, -0.1) is 6.42 Å². The Morgan fingerprint density at radius 1 is 1.62 bits per heavy atom. The van der Waals surface area contributed by atoms with Gasteiger partial charge in [-0.25, -0.2) is 4.79 Å². The van der Waals surface area contributed by atoms with Gasteiger partial charge in [-0.3, -0.25) is 4.90 Å². The summed E-state index contributed by atoms with van der Waals surface area (Å²) in [4.78, 5) is 11.7. The number of benzene rings is 1. The molecule has 0 bridgehead atoms. The summed E-state index contributed by atoms with van der Waals surface area (Å²) in [5.41, 5.74) is 1.24. The van der Waals surface area contributed by atoms with Gasteiger partial charge < -0.3 is 5.11 Å². The maximum absolute atomic E-state index is 10.6. The fourth-order valence-electron chi connectivity index (χ4n) is 0.915. The predicted octanol–water partition coefficient (Wildman–Crippen LogP) is 1.78. The van der Waals surface area contributed by atoms with Gasteiger partial charge in [0.25, 0.3) is 0 Å². The van der Waals surface area contributed by atoms with Crippen molar-refractivity contribution in [2.24, 2.45) is 0 Å². The number of anilines is 1. The van der Waals surface area contributed by atoms with Gasteiger partial charge in [0.2, 0.25) is 0 Å². The van der Waals surface area contributed by atoms with Crippen LogP contribution in [0.3, 0.4) is 0 Å². The van der Waals surface area contributed by atoms with Crippen LogP contribution in [0.15, 0.2) is 24.3 Å². The molecule has 0 unspecified atom stereocenters. The van der Waals surface area contributed by atoms with E-state index >= 15 is 0 Å². The first kappa shape index (κ1) is 9.14. The average molecular weight is 175 g/mol. The van der Waals surface area contributed by atoms with Crippen molar-refractivity contribution in [3.8, 4) is 12.3 Å². The summed E-state index contributed by atoms with van der Waals surface area (Å²) in [5.74, 6) is 2.44. The molecule has 66 valence electrons. The molecule has 0 fully saturated rings. The number of carbonyl (C=O) groups is 1. The molecule has 0 saturated carbocycles. The van der Waals surface area contributed by atoms with Gasteiger partial charge in [-0.2, -0.15) is 0 Å². The monoisotopic (exact) mass is 175 g/mol. The second-order valence-corrected chi connectivity index (χ2v) is 2.54. The first-order valence-corrected chi connectivity index (χ1v) is 3.68. The molecule has 1 N–H and O–H groups in total. The van der Waals surface area contributed by atoms with Crippen LogP contribution in [0.4, 0.5) is 10.5 Å². The van der Waals surface area contributed by atoms with Crippen LogP contribution in [-0.4, -0.2) is 18.2 Å². The topological polar surface area (TPSA) is 40.5 Å². The van der Waals surface area contributed by atoms with E-state index < -0.39 is 6.09 Å². The fourth-order valence-corrected chi connectivity index (χ4v) is 0.915. The molecule has 0 saturated heterocycles. The third kappa shape index (κ3) is 2.00. The molecule has 1 aromatic carbocycles. The second kappa shape index (κ2) is 3.63. The number of nitrogens with zero attached hydrogens (tertiary/aromatic N) is 1. The quantitative estimate of drug-likeness (QED) is 0.661. The Kier molecular flexibility index (Phi) is 2.56. The number of terminal acetylenes is 1. The molecule has 0 heterocycles. The molecule has 0 aliphatic heterocycles. The van der Waals surface area contributed by atoms with E-state index in [1.54, 1.807) is 24.3 Å². The highest BCUT2D eigenvalue weighted by molar-refractivity contribution is 5.85. The van der Waals surface area contributed by atoms with Crippen molar-refractivity contribution in [1.29, 1.82) is 0 Å². The molecule has 3 heteroatoms. The molecule has 0 aromatic heterocycles. The molecule has 1 aromatic rings. The molecule has 0 aliphatic carbocycles. The highest BCUT2D eigenvalue weighted by Gasteiger charge is 2.07. The second-order valence-electron chi connectivity index (χ2n) is 2.54. The Labute approximate surface area is 76.6 Å². The van der Waals surface area contributed by atoms with Gasteiger partial charge in [-0.05, 0) is 18.2 Å². The van der Waals surface area contributed by atoms with Crippen LogP contribution in [0, 0.1) is 12.3 Å². The smallest absolute Gasteiger partial charge is 0.411 e. The van der Waals surface area contributed by atoms with Crippen LogP contribution in [0.1, 0.15) is 5.56 Å². The number of carboxylic acid groups (broad SMARTS) is 1. The molecule has 1 rings (SSSR count). The minimum atomic E-state index is -1.01. The Hall–Kier alpha value is -1.95. The first-order valence-electron chi connectivity index (χ1n) is 3.68. The normalized spacial score (nSPS) is 8.92. The van der Waals surface area contributed by atoms with E-state index in [0.29, 0.717) is 11.3 Å². The van der Waals surface area contributed by atoms with Crippen molar-refractivity contribution in [3.63, 3.8) is 0 Å². The number of hydrogen-bond acceptors (Lipinski definition) is 1. The number of rotatable bonds is 1. The molecule has 13 heavy (non-hydrogen) atoms. The molecular weight excluding hydrogens is 166 g/mol. The van der Waals surface area contributed by atoms with E-state index in [1.807, 2.05) is 0 Å². The van der Waals surface area contributed by atoms with Gasteiger partial charge in [0.15, 0.2) is 0 Å². The SMILES string of the molecule is C#Cc1cccc(N(C)C(=O)O)c1. The maximum Gasteiger partial charge on any atom is 0.411 e. The number of hydrogen-bond donors (Lipinski definition) is 1. The zero-order valence-corrected chi connectivity index (χ0v) is 7.19. The lowest BCUT2D eigenvalue weighted by molar-refractivity contribution is 0.203. The van der Waals surface area contributed by atoms with Gasteiger partial charge >= 0.3 is 6.09 Å². The van der Waals surface area contributed by atoms with Gasteiger partial charge in [0, 0.05) is 18.3 Å². The van der Waals surface area contributed by atoms with Gasteiger partial charge in [-0.1, -0.05) is 12.0 Å². The van der Waals surface area contributed by atoms with Crippen LogP contribution < -0.4 is 4.90 Å². The fraction of sp³-hybridized carbons (Fsp3) is 0.100. The third-order valence-corrected chi connectivity index (χ3v) is 1.69. The zero-order valence-electron chi connectivity index (χ0n) is 7.19. The van der Waals surface area contributed by atoms with Crippen molar-refractivity contribution < 1.29 is 9.90 Å². The van der Waals surface area contributed by atoms with Crippen molar-refractivity contribution >= 4 is 11.8 Å². The number of amides is 1. The van der Waals surface area contributed by atoms with Crippen LogP contribution >= 0.6 is 0 Å². The summed E-state index contributed by atoms with van der Waals surface area (Å²) >= 11 is 0. The molecule has 0 atom stereocenters. The standard InChI is InChI=1S/C10H9NO2/c1-3-8-5-4-6-9(7-8)11(2)10(12)13/h1,4-7H,2H3,(H,12,13).